The van der Waals surface area contributed by atoms with Crippen molar-refractivity contribution in [2.24, 2.45) is 0 Å². The molecule has 0 unspecified atom stereocenters. The average Bonchev–Trinajstić information content (AvgIpc) is 3.68. The Balaban J connectivity index is 1.27. The van der Waals surface area contributed by atoms with Gasteiger partial charge in [0, 0.05) is 42.0 Å². The van der Waals surface area contributed by atoms with E-state index in [1.54, 1.807) is 24.5 Å². The summed E-state index contributed by atoms with van der Waals surface area (Å²) in [5, 5.41) is 12.1. The van der Waals surface area contributed by atoms with E-state index in [1.807, 2.05) is 6.07 Å². The number of likely N-dealkylation sites (tertiary alicyclic amines) is 1. The van der Waals surface area contributed by atoms with E-state index >= 15 is 0 Å². The monoisotopic (exact) mass is 491 g/mol. The summed E-state index contributed by atoms with van der Waals surface area (Å²) in [5.74, 6) is 0.313. The maximum absolute atomic E-state index is 14.6. The van der Waals surface area contributed by atoms with Crippen LogP contribution in [0.4, 0.5) is 4.39 Å². The molecular weight excluding hydrogens is 465 g/mol. The molecule has 0 spiro atoms. The molecule has 8 heteroatoms. The third-order valence-corrected chi connectivity index (χ3v) is 7.25. The number of aromatic nitrogens is 5. The summed E-state index contributed by atoms with van der Waals surface area (Å²) in [4.78, 5) is 15.0. The minimum atomic E-state index is -0.303. The first-order chi connectivity index (χ1) is 18.2. The van der Waals surface area contributed by atoms with Gasteiger partial charge in [-0.1, -0.05) is 30.3 Å². The number of nitrogens with zero attached hydrogens (tertiary/aromatic N) is 4. The van der Waals surface area contributed by atoms with Crippen molar-refractivity contribution in [1.82, 2.24) is 35.4 Å². The molecule has 0 bridgehead atoms. The van der Waals surface area contributed by atoms with Crippen LogP contribution in [0.2, 0.25) is 0 Å². The number of halogens is 1. The number of hydrogen-bond acceptors (Lipinski definition) is 5. The van der Waals surface area contributed by atoms with E-state index in [0.29, 0.717) is 22.5 Å². The molecule has 184 valence electrons. The number of fused-ring (bicyclic) bond motifs is 2. The molecule has 7 rings (SSSR count). The molecule has 0 aliphatic carbocycles. The van der Waals surface area contributed by atoms with Gasteiger partial charge in [-0.25, -0.2) is 9.37 Å². The Morgan fingerprint density at radius 2 is 1.86 bits per heavy atom. The number of allylic oxidation sites excluding steroid dienone is 2. The normalized spacial score (nSPS) is 16.2. The van der Waals surface area contributed by atoms with Crippen LogP contribution in [0, 0.1) is 5.82 Å². The molecule has 0 atom stereocenters. The second-order valence-electron chi connectivity index (χ2n) is 9.75. The summed E-state index contributed by atoms with van der Waals surface area (Å²) in [6.45, 7) is 4.27. The quantitative estimate of drug-likeness (QED) is 0.312. The van der Waals surface area contributed by atoms with Crippen LogP contribution in [0.15, 0.2) is 72.7 Å². The van der Waals surface area contributed by atoms with Crippen molar-refractivity contribution in [1.29, 1.82) is 0 Å². The molecule has 5 aromatic rings. The number of benzene rings is 2. The van der Waals surface area contributed by atoms with Crippen LogP contribution < -0.4 is 5.32 Å². The van der Waals surface area contributed by atoms with Crippen LogP contribution in [-0.2, 0) is 0 Å². The Morgan fingerprint density at radius 1 is 0.973 bits per heavy atom. The van der Waals surface area contributed by atoms with Gasteiger partial charge < -0.3 is 10.3 Å². The molecule has 2 aliphatic heterocycles. The molecular formula is C29H26FN7. The first-order valence-electron chi connectivity index (χ1n) is 12.7. The van der Waals surface area contributed by atoms with Crippen LogP contribution in [0.1, 0.15) is 18.4 Å². The number of rotatable bonds is 5. The Labute approximate surface area is 213 Å². The van der Waals surface area contributed by atoms with E-state index in [4.69, 9.17) is 4.98 Å². The maximum atomic E-state index is 14.6. The number of dihydropyridines is 1. The highest BCUT2D eigenvalue weighted by molar-refractivity contribution is 5.98. The highest BCUT2D eigenvalue weighted by Crippen LogP contribution is 2.33. The Bertz CT molecular complexity index is 1690. The molecule has 7 nitrogen and oxygen atoms in total. The molecule has 1 fully saturated rings. The van der Waals surface area contributed by atoms with Crippen LogP contribution in [0.5, 0.6) is 0 Å². The molecule has 2 aliphatic rings. The summed E-state index contributed by atoms with van der Waals surface area (Å²) < 4.78 is 14.6. The zero-order valence-electron chi connectivity index (χ0n) is 20.3. The summed E-state index contributed by atoms with van der Waals surface area (Å²) in [7, 11) is 0. The van der Waals surface area contributed by atoms with Crippen molar-refractivity contribution < 1.29 is 4.39 Å². The fourth-order valence-electron chi connectivity index (χ4n) is 5.40. The molecule has 0 saturated carbocycles. The van der Waals surface area contributed by atoms with Gasteiger partial charge in [0.2, 0.25) is 0 Å². The third kappa shape index (κ3) is 3.99. The molecule has 2 aromatic carbocycles. The lowest BCUT2D eigenvalue weighted by atomic mass is 9.99. The number of nitrogens with one attached hydrogen (secondary N) is 3. The molecule has 0 radical (unpaired) electrons. The summed E-state index contributed by atoms with van der Waals surface area (Å²) >= 11 is 0. The number of aromatic amines is 2. The summed E-state index contributed by atoms with van der Waals surface area (Å²) in [5.41, 5.74) is 7.84. The van der Waals surface area contributed by atoms with Gasteiger partial charge >= 0.3 is 0 Å². The van der Waals surface area contributed by atoms with Crippen molar-refractivity contribution in [3.05, 3.63) is 84.1 Å². The van der Waals surface area contributed by atoms with E-state index in [1.165, 1.54) is 37.6 Å². The molecule has 37 heavy (non-hydrogen) atoms. The Morgan fingerprint density at radius 3 is 2.76 bits per heavy atom. The van der Waals surface area contributed by atoms with Crippen LogP contribution in [-0.4, -0.2) is 56.2 Å². The summed E-state index contributed by atoms with van der Waals surface area (Å²) in [6, 6.07) is 13.0. The summed E-state index contributed by atoms with van der Waals surface area (Å²) in [6.07, 6.45) is 10.3. The van der Waals surface area contributed by atoms with Crippen molar-refractivity contribution >= 4 is 27.5 Å². The lowest BCUT2D eigenvalue weighted by Crippen LogP contribution is -2.27. The largest absolute Gasteiger partial charge is 0.387 e. The van der Waals surface area contributed by atoms with Crippen molar-refractivity contribution in [2.75, 3.05) is 26.2 Å². The SMILES string of the molecule is Fc1ccccc1-c1cncc2[nH]c(-c3n[nH]c4ccc(C5=CNCC(CN6CCCC6)=C5)cc34)nc12. The van der Waals surface area contributed by atoms with Gasteiger partial charge in [0.1, 0.15) is 17.0 Å². The lowest BCUT2D eigenvalue weighted by molar-refractivity contribution is 0.365. The van der Waals surface area contributed by atoms with Crippen molar-refractivity contribution in [3.8, 4) is 22.6 Å². The number of hydrogen-bond donors (Lipinski definition) is 3. The van der Waals surface area contributed by atoms with Gasteiger partial charge in [0.05, 0.1) is 17.2 Å². The topological polar surface area (TPSA) is 85.5 Å². The second-order valence-corrected chi connectivity index (χ2v) is 9.75. The van der Waals surface area contributed by atoms with E-state index < -0.39 is 0 Å². The van der Waals surface area contributed by atoms with E-state index in [2.05, 4.69) is 60.9 Å². The van der Waals surface area contributed by atoms with E-state index in [0.717, 1.165) is 46.3 Å². The van der Waals surface area contributed by atoms with Gasteiger partial charge in [-0.3, -0.25) is 15.0 Å². The molecule has 5 heterocycles. The Kier molecular flexibility index (Phi) is 5.32. The van der Waals surface area contributed by atoms with Gasteiger partial charge in [-0.2, -0.15) is 5.10 Å². The first-order valence-corrected chi connectivity index (χ1v) is 12.7. The van der Waals surface area contributed by atoms with E-state index in [9.17, 15) is 4.39 Å². The molecule has 1 saturated heterocycles. The minimum Gasteiger partial charge on any atom is -0.387 e. The predicted octanol–water partition coefficient (Wildman–Crippen LogP) is 5.27. The van der Waals surface area contributed by atoms with Crippen molar-refractivity contribution in [2.45, 2.75) is 12.8 Å². The fraction of sp³-hybridized carbons (Fsp3) is 0.207. The minimum absolute atomic E-state index is 0.303. The number of imidazole rings is 1. The molecule has 3 aromatic heterocycles. The molecule has 0 amide bonds. The van der Waals surface area contributed by atoms with Crippen molar-refractivity contribution in [3.63, 3.8) is 0 Å². The standard InChI is InChI=1S/C29H26FN7/c30-24-6-2-1-5-21(24)23-15-32-16-26-27(23)34-29(33-26)28-22-12-19(7-8-25(22)35-36-28)20-11-18(13-31-14-20)17-37-9-3-4-10-37/h1-2,5-8,11-12,14-16,31H,3-4,9-10,13,17H2,(H,33,34)(H,35,36). The predicted molar refractivity (Wildman–Crippen MR) is 144 cm³/mol. The van der Waals surface area contributed by atoms with E-state index in [-0.39, 0.29) is 5.82 Å². The van der Waals surface area contributed by atoms with Crippen LogP contribution in [0.3, 0.4) is 0 Å². The zero-order valence-corrected chi connectivity index (χ0v) is 20.3. The second kappa shape index (κ2) is 8.97. The smallest absolute Gasteiger partial charge is 0.159 e. The number of H-pyrrole nitrogens is 2. The van der Waals surface area contributed by atoms with Gasteiger partial charge in [-0.05, 0) is 60.8 Å². The van der Waals surface area contributed by atoms with Crippen LogP contribution >= 0.6 is 0 Å². The number of pyridine rings is 1. The highest BCUT2D eigenvalue weighted by Gasteiger charge is 2.19. The molecule has 3 N–H and O–H groups in total. The third-order valence-electron chi connectivity index (χ3n) is 7.25. The van der Waals surface area contributed by atoms with Crippen LogP contribution in [0.25, 0.3) is 50.2 Å². The highest BCUT2D eigenvalue weighted by atomic mass is 19.1. The lowest BCUT2D eigenvalue weighted by Gasteiger charge is -2.21. The maximum Gasteiger partial charge on any atom is 0.159 e. The van der Waals surface area contributed by atoms with Gasteiger partial charge in [0.15, 0.2) is 5.82 Å². The van der Waals surface area contributed by atoms with Gasteiger partial charge in [-0.15, -0.1) is 0 Å². The average molecular weight is 492 g/mol. The first kappa shape index (κ1) is 21.9. The van der Waals surface area contributed by atoms with Gasteiger partial charge in [0.25, 0.3) is 0 Å². The zero-order chi connectivity index (χ0) is 24.8. The Hall–Kier alpha value is -4.30. The fourth-order valence-corrected chi connectivity index (χ4v) is 5.40.